The molecule has 5 nitrogen and oxygen atoms in total. The fraction of sp³-hybridized carbons (Fsp3) is 0.588. The Morgan fingerprint density at radius 3 is 2.36 bits per heavy atom. The van der Waals surface area contributed by atoms with Gasteiger partial charge in [-0.15, -0.1) is 0 Å². The average Bonchev–Trinajstić information content (AvgIpc) is 2.58. The zero-order chi connectivity index (χ0) is 18.0. The highest BCUT2D eigenvalue weighted by Gasteiger charge is 2.30. The lowest BCUT2D eigenvalue weighted by Gasteiger charge is -2.40. The summed E-state index contributed by atoms with van der Waals surface area (Å²) in [6.07, 6.45) is 1.41. The Bertz CT molecular complexity index is 732. The Hall–Kier alpha value is -1.54. The van der Waals surface area contributed by atoms with E-state index in [1.165, 1.54) is 0 Å². The number of benzene rings is 1. The van der Waals surface area contributed by atoms with Crippen LogP contribution in [0.2, 0.25) is 0 Å². The number of nitrogens with zero attached hydrogens (tertiary/aromatic N) is 2. The maximum Gasteiger partial charge on any atom is 0.227 e. The van der Waals surface area contributed by atoms with E-state index in [9.17, 15) is 22.0 Å². The molecule has 0 radical (unpaired) electrons. The van der Waals surface area contributed by atoms with Crippen LogP contribution in [0.3, 0.4) is 0 Å². The number of amides is 1. The molecule has 2 heterocycles. The van der Waals surface area contributed by atoms with Crippen LogP contribution in [0.4, 0.5) is 8.78 Å². The minimum atomic E-state index is -2.89. The SMILES string of the molecule is O=C(Cc1cc(F)ccc1F)N1CCC(N2CCS(=O)(=O)CC2)CC1. The smallest absolute Gasteiger partial charge is 0.227 e. The van der Waals surface area contributed by atoms with Crippen molar-refractivity contribution in [2.45, 2.75) is 25.3 Å². The largest absolute Gasteiger partial charge is 0.342 e. The predicted octanol–water partition coefficient (Wildman–Crippen LogP) is 1.23. The van der Waals surface area contributed by atoms with E-state index in [4.69, 9.17) is 0 Å². The highest BCUT2D eigenvalue weighted by Crippen LogP contribution is 2.20. The Labute approximate surface area is 146 Å². The van der Waals surface area contributed by atoms with E-state index in [0.717, 1.165) is 31.0 Å². The van der Waals surface area contributed by atoms with E-state index in [2.05, 4.69) is 4.90 Å². The monoisotopic (exact) mass is 372 g/mol. The number of hydrogen-bond donors (Lipinski definition) is 0. The highest BCUT2D eigenvalue weighted by molar-refractivity contribution is 7.91. The van der Waals surface area contributed by atoms with Gasteiger partial charge in [-0.3, -0.25) is 9.69 Å². The van der Waals surface area contributed by atoms with E-state index < -0.39 is 21.5 Å². The molecular weight excluding hydrogens is 350 g/mol. The third-order valence-electron chi connectivity index (χ3n) is 5.06. The van der Waals surface area contributed by atoms with Gasteiger partial charge in [-0.1, -0.05) is 0 Å². The molecule has 1 aromatic rings. The van der Waals surface area contributed by atoms with Gasteiger partial charge >= 0.3 is 0 Å². The first-order valence-corrected chi connectivity index (χ1v) is 10.3. The number of halogens is 2. The summed E-state index contributed by atoms with van der Waals surface area (Å²) in [4.78, 5) is 16.2. The second-order valence-electron chi connectivity index (χ2n) is 6.71. The maximum atomic E-state index is 13.7. The van der Waals surface area contributed by atoms with Crippen LogP contribution in [0.1, 0.15) is 18.4 Å². The predicted molar refractivity (Wildman–Crippen MR) is 89.9 cm³/mol. The normalized spacial score (nSPS) is 22.1. The lowest BCUT2D eigenvalue weighted by atomic mass is 10.0. The minimum Gasteiger partial charge on any atom is -0.342 e. The first-order chi connectivity index (χ1) is 11.8. The molecule has 25 heavy (non-hydrogen) atoms. The van der Waals surface area contributed by atoms with Gasteiger partial charge in [-0.05, 0) is 31.0 Å². The first-order valence-electron chi connectivity index (χ1n) is 8.50. The lowest BCUT2D eigenvalue weighted by Crippen LogP contribution is -2.51. The molecule has 0 spiro atoms. The summed E-state index contributed by atoms with van der Waals surface area (Å²) in [6, 6.07) is 3.42. The number of likely N-dealkylation sites (tertiary alicyclic amines) is 1. The molecule has 0 unspecified atom stereocenters. The van der Waals surface area contributed by atoms with E-state index in [1.54, 1.807) is 4.90 Å². The molecule has 3 rings (SSSR count). The van der Waals surface area contributed by atoms with Gasteiger partial charge in [0.05, 0.1) is 17.9 Å². The van der Waals surface area contributed by atoms with Gasteiger partial charge in [0.1, 0.15) is 11.6 Å². The van der Waals surface area contributed by atoms with Crippen molar-refractivity contribution in [2.24, 2.45) is 0 Å². The van der Waals surface area contributed by atoms with Crippen molar-refractivity contribution in [3.05, 3.63) is 35.4 Å². The quantitative estimate of drug-likeness (QED) is 0.801. The van der Waals surface area contributed by atoms with Crippen LogP contribution in [0.25, 0.3) is 0 Å². The number of carbonyl (C=O) groups is 1. The van der Waals surface area contributed by atoms with Gasteiger partial charge in [0.2, 0.25) is 5.91 Å². The molecule has 2 fully saturated rings. The van der Waals surface area contributed by atoms with Crippen molar-refractivity contribution >= 4 is 15.7 Å². The fourth-order valence-electron chi connectivity index (χ4n) is 3.53. The Balaban J connectivity index is 1.52. The molecule has 2 saturated heterocycles. The van der Waals surface area contributed by atoms with E-state index in [-0.39, 0.29) is 35.4 Å². The highest BCUT2D eigenvalue weighted by atomic mass is 32.2. The Morgan fingerprint density at radius 2 is 1.72 bits per heavy atom. The van der Waals surface area contributed by atoms with Gasteiger partial charge in [-0.2, -0.15) is 0 Å². The maximum absolute atomic E-state index is 13.7. The Morgan fingerprint density at radius 1 is 1.08 bits per heavy atom. The summed E-state index contributed by atoms with van der Waals surface area (Å²) in [5.74, 6) is -0.929. The van der Waals surface area contributed by atoms with Crippen molar-refractivity contribution in [2.75, 3.05) is 37.7 Å². The van der Waals surface area contributed by atoms with Crippen LogP contribution in [-0.4, -0.2) is 67.9 Å². The van der Waals surface area contributed by atoms with Crippen LogP contribution in [0.15, 0.2) is 18.2 Å². The van der Waals surface area contributed by atoms with Crippen molar-refractivity contribution in [3.8, 4) is 0 Å². The second-order valence-corrected chi connectivity index (χ2v) is 9.02. The molecule has 0 saturated carbocycles. The van der Waals surface area contributed by atoms with Crippen molar-refractivity contribution in [1.82, 2.24) is 9.80 Å². The van der Waals surface area contributed by atoms with E-state index >= 15 is 0 Å². The van der Waals surface area contributed by atoms with E-state index in [0.29, 0.717) is 26.2 Å². The van der Waals surface area contributed by atoms with Crippen molar-refractivity contribution in [1.29, 1.82) is 0 Å². The van der Waals surface area contributed by atoms with Crippen molar-refractivity contribution in [3.63, 3.8) is 0 Å². The molecule has 1 aromatic carbocycles. The van der Waals surface area contributed by atoms with Gasteiger partial charge in [0, 0.05) is 37.8 Å². The third kappa shape index (κ3) is 4.55. The summed E-state index contributed by atoms with van der Waals surface area (Å²) in [7, 11) is -2.89. The molecule has 1 amide bonds. The standard InChI is InChI=1S/C17H22F2N2O3S/c18-14-1-2-16(19)13(11-14)12-17(22)21-5-3-15(4-6-21)20-7-9-25(23,24)10-8-20/h1-2,11,15H,3-10,12H2. The number of sulfone groups is 1. The molecule has 0 aliphatic carbocycles. The molecule has 0 N–H and O–H groups in total. The first kappa shape index (κ1) is 18.3. The zero-order valence-corrected chi connectivity index (χ0v) is 14.8. The molecular formula is C17H22F2N2O3S. The Kier molecular flexibility index (Phi) is 5.38. The summed E-state index contributed by atoms with van der Waals surface area (Å²) in [5.41, 5.74) is 0.0772. The summed E-state index contributed by atoms with van der Waals surface area (Å²) >= 11 is 0. The van der Waals surface area contributed by atoms with Gasteiger partial charge < -0.3 is 4.90 Å². The van der Waals surface area contributed by atoms with Crippen LogP contribution >= 0.6 is 0 Å². The molecule has 0 atom stereocenters. The number of carbonyl (C=O) groups excluding carboxylic acids is 1. The fourth-order valence-corrected chi connectivity index (χ4v) is 4.76. The molecule has 138 valence electrons. The van der Waals surface area contributed by atoms with Gasteiger partial charge in [0.25, 0.3) is 0 Å². The summed E-state index contributed by atoms with van der Waals surface area (Å²) in [6.45, 7) is 2.22. The van der Waals surface area contributed by atoms with Crippen LogP contribution in [-0.2, 0) is 21.1 Å². The average molecular weight is 372 g/mol. The van der Waals surface area contributed by atoms with Crippen molar-refractivity contribution < 1.29 is 22.0 Å². The summed E-state index contributed by atoms with van der Waals surface area (Å²) < 4.78 is 49.9. The van der Waals surface area contributed by atoms with Gasteiger partial charge in [-0.25, -0.2) is 17.2 Å². The number of hydrogen-bond acceptors (Lipinski definition) is 4. The lowest BCUT2D eigenvalue weighted by molar-refractivity contribution is -0.132. The molecule has 2 aliphatic rings. The molecule has 2 aliphatic heterocycles. The zero-order valence-electron chi connectivity index (χ0n) is 14.0. The molecule has 0 bridgehead atoms. The second kappa shape index (κ2) is 7.37. The number of piperidine rings is 1. The van der Waals surface area contributed by atoms with Crippen LogP contribution in [0.5, 0.6) is 0 Å². The minimum absolute atomic E-state index is 0.0772. The molecule has 8 heteroatoms. The molecule has 0 aromatic heterocycles. The third-order valence-corrected chi connectivity index (χ3v) is 6.67. The number of rotatable bonds is 3. The van der Waals surface area contributed by atoms with Crippen LogP contribution in [0, 0.1) is 11.6 Å². The van der Waals surface area contributed by atoms with Gasteiger partial charge in [0.15, 0.2) is 9.84 Å². The van der Waals surface area contributed by atoms with E-state index in [1.807, 2.05) is 0 Å². The van der Waals surface area contributed by atoms with Crippen LogP contribution < -0.4 is 0 Å². The topological polar surface area (TPSA) is 57.7 Å². The summed E-state index contributed by atoms with van der Waals surface area (Å²) in [5, 5.41) is 0.